The average molecular weight is 443 g/mol. The minimum atomic E-state index is -0.521. The molecule has 1 aliphatic carbocycles. The van der Waals surface area contributed by atoms with Crippen LogP contribution in [0.3, 0.4) is 0 Å². The van der Waals surface area contributed by atoms with E-state index in [-0.39, 0.29) is 5.69 Å². The molecule has 4 rings (SSSR count). The molecule has 0 saturated heterocycles. The van der Waals surface area contributed by atoms with Gasteiger partial charge in [-0.2, -0.15) is 0 Å². The Morgan fingerprint density at radius 3 is 2.90 bits per heavy atom. The summed E-state index contributed by atoms with van der Waals surface area (Å²) in [7, 11) is 1.28. The molecule has 1 fully saturated rings. The van der Waals surface area contributed by atoms with E-state index < -0.39 is 10.9 Å². The van der Waals surface area contributed by atoms with Gasteiger partial charge in [0.15, 0.2) is 5.16 Å². The number of nitro benzene ring substituents is 1. The molecule has 2 heterocycles. The summed E-state index contributed by atoms with van der Waals surface area (Å²) in [5.74, 6) is 0.356. The summed E-state index contributed by atoms with van der Waals surface area (Å²) in [6.45, 7) is 0. The van der Waals surface area contributed by atoms with Crippen LogP contribution in [0.2, 0.25) is 0 Å². The second-order valence-corrected chi connectivity index (χ2v) is 8.74. The van der Waals surface area contributed by atoms with Crippen LogP contribution < -0.4 is 0 Å². The van der Waals surface area contributed by atoms with Gasteiger partial charge in [-0.15, -0.1) is 21.5 Å². The summed E-state index contributed by atoms with van der Waals surface area (Å²) in [5.41, 5.74) is 0.496. The molecule has 0 atom stereocenters. The Morgan fingerprint density at radius 1 is 1.40 bits per heavy atom. The van der Waals surface area contributed by atoms with Crippen molar-refractivity contribution in [3.05, 3.63) is 68.2 Å². The van der Waals surface area contributed by atoms with E-state index in [1.807, 2.05) is 11.4 Å². The number of hydrogen-bond donors (Lipinski definition) is 0. The minimum absolute atomic E-state index is 0.0443. The fourth-order valence-electron chi connectivity index (χ4n) is 2.96. The summed E-state index contributed by atoms with van der Waals surface area (Å²) in [6.07, 6.45) is 5.53. The number of thiophene rings is 1. The second kappa shape index (κ2) is 8.80. The first-order chi connectivity index (χ1) is 14.5. The lowest BCUT2D eigenvalue weighted by molar-refractivity contribution is -0.387. The van der Waals surface area contributed by atoms with Gasteiger partial charge in [0.2, 0.25) is 0 Å². The van der Waals surface area contributed by atoms with Crippen LogP contribution in [0, 0.1) is 10.1 Å². The second-order valence-electron chi connectivity index (χ2n) is 6.70. The van der Waals surface area contributed by atoms with E-state index in [1.165, 1.54) is 42.0 Å². The lowest BCUT2D eigenvalue weighted by atomic mass is 10.2. The Hall–Kier alpha value is -2.98. The number of esters is 1. The predicted octanol–water partition coefficient (Wildman–Crippen LogP) is 4.51. The Morgan fingerprint density at radius 2 is 2.23 bits per heavy atom. The summed E-state index contributed by atoms with van der Waals surface area (Å²) in [4.78, 5) is 24.2. The van der Waals surface area contributed by atoms with E-state index in [9.17, 15) is 14.9 Å². The molecule has 10 heteroatoms. The normalized spacial score (nSPS) is 13.6. The monoisotopic (exact) mass is 442 g/mol. The van der Waals surface area contributed by atoms with Crippen LogP contribution in [0.5, 0.6) is 0 Å². The third-order valence-corrected chi connectivity index (χ3v) is 6.46. The number of carbonyl (C=O) groups excluding carboxylic acids is 1. The maximum Gasteiger partial charge on any atom is 0.330 e. The third-order valence-electron chi connectivity index (χ3n) is 4.55. The van der Waals surface area contributed by atoms with Gasteiger partial charge < -0.3 is 9.30 Å². The van der Waals surface area contributed by atoms with Crippen LogP contribution in [0.15, 0.2) is 51.8 Å². The summed E-state index contributed by atoms with van der Waals surface area (Å²) in [5, 5.41) is 23.0. The highest BCUT2D eigenvalue weighted by atomic mass is 32.2. The van der Waals surface area contributed by atoms with Gasteiger partial charge in [0.1, 0.15) is 5.82 Å². The van der Waals surface area contributed by atoms with Crippen LogP contribution in [-0.2, 0) is 16.0 Å². The van der Waals surface area contributed by atoms with Gasteiger partial charge in [0.05, 0.1) is 16.9 Å². The molecule has 30 heavy (non-hydrogen) atoms. The van der Waals surface area contributed by atoms with Crippen molar-refractivity contribution < 1.29 is 14.5 Å². The number of nitrogens with zero attached hydrogens (tertiary/aromatic N) is 4. The van der Waals surface area contributed by atoms with Gasteiger partial charge >= 0.3 is 5.97 Å². The fourth-order valence-corrected chi connectivity index (χ4v) is 4.67. The first kappa shape index (κ1) is 20.3. The number of aromatic nitrogens is 3. The maximum absolute atomic E-state index is 11.6. The maximum atomic E-state index is 11.6. The number of hydrogen-bond acceptors (Lipinski definition) is 8. The molecule has 154 valence electrons. The van der Waals surface area contributed by atoms with Crippen LogP contribution in [0.25, 0.3) is 6.08 Å². The minimum Gasteiger partial charge on any atom is -0.466 e. The van der Waals surface area contributed by atoms with Crippen molar-refractivity contribution in [3.8, 4) is 0 Å². The van der Waals surface area contributed by atoms with Crippen LogP contribution in [0.1, 0.15) is 35.1 Å². The topological polar surface area (TPSA) is 100 Å². The van der Waals surface area contributed by atoms with E-state index in [0.717, 1.165) is 18.7 Å². The van der Waals surface area contributed by atoms with Crippen molar-refractivity contribution >= 4 is 40.8 Å². The lowest BCUT2D eigenvalue weighted by Crippen LogP contribution is -2.03. The Balaban J connectivity index is 1.62. The van der Waals surface area contributed by atoms with E-state index in [4.69, 9.17) is 0 Å². The molecule has 0 bridgehead atoms. The van der Waals surface area contributed by atoms with Gasteiger partial charge in [0, 0.05) is 29.5 Å². The van der Waals surface area contributed by atoms with Crippen molar-refractivity contribution in [1.29, 1.82) is 0 Å². The molecular formula is C20H18N4O4S2. The smallest absolute Gasteiger partial charge is 0.330 e. The zero-order valence-corrected chi connectivity index (χ0v) is 17.7. The predicted molar refractivity (Wildman–Crippen MR) is 114 cm³/mol. The number of ether oxygens (including phenoxy) is 1. The van der Waals surface area contributed by atoms with Crippen molar-refractivity contribution in [2.24, 2.45) is 0 Å². The highest BCUT2D eigenvalue weighted by molar-refractivity contribution is 7.99. The van der Waals surface area contributed by atoms with E-state index in [2.05, 4.69) is 25.6 Å². The SMILES string of the molecule is COC(=O)C=Cc1ccc(Sc2nnc(Cc3cccs3)n2C2CC2)c([N+](=O)[O-])c1. The average Bonchev–Trinajstić information content (AvgIpc) is 3.30. The number of methoxy groups -OCH3 is 1. The van der Waals surface area contributed by atoms with E-state index in [1.54, 1.807) is 23.5 Å². The zero-order chi connectivity index (χ0) is 21.1. The highest BCUT2D eigenvalue weighted by Gasteiger charge is 2.30. The third kappa shape index (κ3) is 4.60. The molecule has 2 aromatic heterocycles. The van der Waals surface area contributed by atoms with E-state index >= 15 is 0 Å². The quantitative estimate of drug-likeness (QED) is 0.219. The molecule has 8 nitrogen and oxygen atoms in total. The Kier molecular flexibility index (Phi) is 5.96. The van der Waals surface area contributed by atoms with Gasteiger partial charge in [-0.25, -0.2) is 4.79 Å². The van der Waals surface area contributed by atoms with Crippen molar-refractivity contribution in [2.75, 3.05) is 7.11 Å². The highest BCUT2D eigenvalue weighted by Crippen LogP contribution is 2.42. The van der Waals surface area contributed by atoms with E-state index in [0.29, 0.717) is 28.1 Å². The number of nitro groups is 1. The summed E-state index contributed by atoms with van der Waals surface area (Å²) >= 11 is 2.92. The summed E-state index contributed by atoms with van der Waals surface area (Å²) < 4.78 is 6.66. The Bertz CT molecular complexity index is 1100. The molecule has 0 amide bonds. The van der Waals surface area contributed by atoms with Crippen molar-refractivity contribution in [1.82, 2.24) is 14.8 Å². The molecule has 0 spiro atoms. The number of rotatable bonds is 8. The summed E-state index contributed by atoms with van der Waals surface area (Å²) in [6, 6.07) is 9.25. The van der Waals surface area contributed by atoms with Crippen molar-refractivity contribution in [2.45, 2.75) is 35.4 Å². The van der Waals surface area contributed by atoms with Gasteiger partial charge in [-0.3, -0.25) is 10.1 Å². The fraction of sp³-hybridized carbons (Fsp3) is 0.250. The van der Waals surface area contributed by atoms with Crippen LogP contribution in [0.4, 0.5) is 5.69 Å². The molecule has 1 aromatic carbocycles. The molecule has 1 saturated carbocycles. The zero-order valence-electron chi connectivity index (χ0n) is 16.1. The molecular weight excluding hydrogens is 424 g/mol. The van der Waals surface area contributed by atoms with Crippen LogP contribution in [-0.4, -0.2) is 32.8 Å². The molecule has 1 aliphatic rings. The van der Waals surface area contributed by atoms with Gasteiger partial charge in [-0.05, 0) is 53.8 Å². The Labute approximate surface area is 180 Å². The molecule has 0 unspecified atom stereocenters. The molecule has 0 aliphatic heterocycles. The molecule has 3 aromatic rings. The first-order valence-electron chi connectivity index (χ1n) is 9.23. The van der Waals surface area contributed by atoms with Gasteiger partial charge in [-0.1, -0.05) is 12.1 Å². The number of carbonyl (C=O) groups is 1. The molecule has 0 N–H and O–H groups in total. The molecule has 0 radical (unpaired) electrons. The number of benzene rings is 1. The lowest BCUT2D eigenvalue weighted by Gasteiger charge is -2.09. The largest absolute Gasteiger partial charge is 0.466 e. The van der Waals surface area contributed by atoms with Crippen LogP contribution >= 0.6 is 23.1 Å². The standard InChI is InChI=1S/C20H18N4O4S2/c1-28-19(25)9-5-13-4-8-17(16(11-13)24(26)27)30-20-22-21-18(23(20)14-6-7-14)12-15-3-2-10-29-15/h2-5,8-11,14H,6-7,12H2,1H3. The van der Waals surface area contributed by atoms with Crippen molar-refractivity contribution in [3.63, 3.8) is 0 Å². The van der Waals surface area contributed by atoms with Gasteiger partial charge in [0.25, 0.3) is 5.69 Å². The first-order valence-corrected chi connectivity index (χ1v) is 10.9.